The summed E-state index contributed by atoms with van der Waals surface area (Å²) in [5.74, 6) is 1.41. The smallest absolute Gasteiger partial charge is 0.160 e. The van der Waals surface area contributed by atoms with Crippen molar-refractivity contribution < 1.29 is 9.84 Å². The van der Waals surface area contributed by atoms with Crippen molar-refractivity contribution in [2.45, 2.75) is 26.8 Å². The van der Waals surface area contributed by atoms with E-state index in [1.165, 1.54) is 6.42 Å². The first kappa shape index (κ1) is 12.8. The van der Waals surface area contributed by atoms with Gasteiger partial charge in [-0.15, -0.1) is 0 Å². The van der Waals surface area contributed by atoms with Crippen LogP contribution in [0.4, 0.5) is 0 Å². The van der Waals surface area contributed by atoms with Gasteiger partial charge in [0.2, 0.25) is 0 Å². The van der Waals surface area contributed by atoms with Crippen LogP contribution >= 0.6 is 0 Å². The molecule has 3 nitrogen and oxygen atoms in total. The molecule has 0 aliphatic heterocycles. The van der Waals surface area contributed by atoms with Crippen LogP contribution in [0.5, 0.6) is 11.5 Å². The van der Waals surface area contributed by atoms with Crippen LogP contribution < -0.4 is 10.1 Å². The quantitative estimate of drug-likeness (QED) is 0.778. The number of methoxy groups -OCH3 is 1. The molecule has 16 heavy (non-hydrogen) atoms. The Kier molecular flexibility index (Phi) is 5.12. The number of hydrogen-bond donors (Lipinski definition) is 2. The third-order valence-electron chi connectivity index (χ3n) is 2.76. The molecule has 0 aliphatic rings. The monoisotopic (exact) mass is 223 g/mol. The van der Waals surface area contributed by atoms with Gasteiger partial charge in [-0.2, -0.15) is 0 Å². The van der Waals surface area contributed by atoms with Crippen molar-refractivity contribution in [3.63, 3.8) is 0 Å². The lowest BCUT2D eigenvalue weighted by molar-refractivity contribution is 0.373. The molecule has 1 atom stereocenters. The average molecular weight is 223 g/mol. The Labute approximate surface area is 97.4 Å². The van der Waals surface area contributed by atoms with Gasteiger partial charge in [0.15, 0.2) is 11.5 Å². The zero-order valence-corrected chi connectivity index (χ0v) is 10.3. The average Bonchev–Trinajstić information content (AvgIpc) is 2.29. The fourth-order valence-electron chi connectivity index (χ4n) is 1.45. The van der Waals surface area contributed by atoms with Crippen molar-refractivity contribution in [2.24, 2.45) is 5.92 Å². The van der Waals surface area contributed by atoms with Gasteiger partial charge in [0.25, 0.3) is 0 Å². The Morgan fingerprint density at radius 2 is 2.19 bits per heavy atom. The minimum atomic E-state index is 0.199. The van der Waals surface area contributed by atoms with Crippen LogP contribution in [-0.2, 0) is 6.54 Å². The molecule has 0 fully saturated rings. The number of ether oxygens (including phenoxy) is 1. The van der Waals surface area contributed by atoms with Gasteiger partial charge in [-0.3, -0.25) is 0 Å². The number of hydrogen-bond acceptors (Lipinski definition) is 3. The van der Waals surface area contributed by atoms with Gasteiger partial charge in [0.05, 0.1) is 7.11 Å². The number of phenolic OH excluding ortho intramolecular Hbond substituents is 1. The SMILES string of the molecule is CCC(C)CNCc1ccc(OC)c(O)c1. The van der Waals surface area contributed by atoms with Crippen LogP contribution in [-0.4, -0.2) is 18.8 Å². The molecular weight excluding hydrogens is 202 g/mol. The maximum Gasteiger partial charge on any atom is 0.160 e. The second-order valence-electron chi connectivity index (χ2n) is 4.15. The van der Waals surface area contributed by atoms with E-state index in [-0.39, 0.29) is 5.75 Å². The van der Waals surface area contributed by atoms with Crippen molar-refractivity contribution in [3.05, 3.63) is 23.8 Å². The van der Waals surface area contributed by atoms with E-state index in [0.717, 1.165) is 18.7 Å². The third-order valence-corrected chi connectivity index (χ3v) is 2.76. The van der Waals surface area contributed by atoms with Crippen LogP contribution in [0.1, 0.15) is 25.8 Å². The topological polar surface area (TPSA) is 41.5 Å². The highest BCUT2D eigenvalue weighted by Gasteiger charge is 2.03. The molecule has 0 aromatic heterocycles. The molecule has 0 spiro atoms. The van der Waals surface area contributed by atoms with Crippen molar-refractivity contribution in [2.75, 3.05) is 13.7 Å². The number of nitrogens with one attached hydrogen (secondary N) is 1. The molecule has 2 N–H and O–H groups in total. The van der Waals surface area contributed by atoms with Gasteiger partial charge in [-0.05, 0) is 30.2 Å². The second-order valence-corrected chi connectivity index (χ2v) is 4.15. The first-order chi connectivity index (χ1) is 7.67. The zero-order valence-electron chi connectivity index (χ0n) is 10.3. The molecular formula is C13H21NO2. The zero-order chi connectivity index (χ0) is 12.0. The summed E-state index contributed by atoms with van der Waals surface area (Å²) in [4.78, 5) is 0. The molecule has 0 saturated heterocycles. The van der Waals surface area contributed by atoms with Crippen molar-refractivity contribution in [3.8, 4) is 11.5 Å². The molecule has 0 bridgehead atoms. The van der Waals surface area contributed by atoms with Crippen molar-refractivity contribution in [1.29, 1.82) is 0 Å². The predicted molar refractivity (Wildman–Crippen MR) is 65.8 cm³/mol. The van der Waals surface area contributed by atoms with E-state index in [4.69, 9.17) is 4.74 Å². The highest BCUT2D eigenvalue weighted by molar-refractivity contribution is 5.41. The summed E-state index contributed by atoms with van der Waals surface area (Å²) in [6.45, 7) is 6.19. The van der Waals surface area contributed by atoms with E-state index in [9.17, 15) is 5.11 Å². The normalized spacial score (nSPS) is 12.4. The van der Waals surface area contributed by atoms with Crippen molar-refractivity contribution >= 4 is 0 Å². The Hall–Kier alpha value is -1.22. The van der Waals surface area contributed by atoms with E-state index in [1.807, 2.05) is 6.07 Å². The summed E-state index contributed by atoms with van der Waals surface area (Å²) in [5, 5.41) is 13.0. The molecule has 1 aromatic rings. The molecule has 1 aromatic carbocycles. The lowest BCUT2D eigenvalue weighted by atomic mass is 10.1. The maximum atomic E-state index is 9.59. The van der Waals surface area contributed by atoms with Gasteiger partial charge < -0.3 is 15.2 Å². The molecule has 0 radical (unpaired) electrons. The van der Waals surface area contributed by atoms with Gasteiger partial charge in [0, 0.05) is 6.54 Å². The van der Waals surface area contributed by atoms with Crippen LogP contribution in [0.15, 0.2) is 18.2 Å². The standard InChI is InChI=1S/C13H21NO2/c1-4-10(2)8-14-9-11-5-6-13(16-3)12(15)7-11/h5-7,10,14-15H,4,8-9H2,1-3H3. The molecule has 0 heterocycles. The molecule has 1 rings (SSSR count). The first-order valence-corrected chi connectivity index (χ1v) is 5.74. The summed E-state index contributed by atoms with van der Waals surface area (Å²) in [6.07, 6.45) is 1.18. The summed E-state index contributed by atoms with van der Waals surface area (Å²) in [7, 11) is 1.55. The fourth-order valence-corrected chi connectivity index (χ4v) is 1.45. The van der Waals surface area contributed by atoms with Crippen LogP contribution in [0.3, 0.4) is 0 Å². The highest BCUT2D eigenvalue weighted by atomic mass is 16.5. The van der Waals surface area contributed by atoms with E-state index in [2.05, 4.69) is 19.2 Å². The second kappa shape index (κ2) is 6.38. The lowest BCUT2D eigenvalue weighted by Gasteiger charge is -2.11. The molecule has 0 saturated carbocycles. The van der Waals surface area contributed by atoms with Crippen LogP contribution in [0.2, 0.25) is 0 Å². The van der Waals surface area contributed by atoms with Crippen LogP contribution in [0.25, 0.3) is 0 Å². The third kappa shape index (κ3) is 3.74. The van der Waals surface area contributed by atoms with E-state index < -0.39 is 0 Å². The Bertz CT molecular complexity index is 326. The van der Waals surface area contributed by atoms with Gasteiger partial charge in [-0.1, -0.05) is 26.3 Å². The predicted octanol–water partition coefficient (Wildman–Crippen LogP) is 2.54. The summed E-state index contributed by atoms with van der Waals surface area (Å²) in [5.41, 5.74) is 1.07. The Balaban J connectivity index is 2.46. The summed E-state index contributed by atoms with van der Waals surface area (Å²) in [6, 6.07) is 5.49. The Morgan fingerprint density at radius 1 is 1.44 bits per heavy atom. The van der Waals surface area contributed by atoms with E-state index >= 15 is 0 Å². The Morgan fingerprint density at radius 3 is 2.75 bits per heavy atom. The minimum absolute atomic E-state index is 0.199. The molecule has 0 aliphatic carbocycles. The number of phenols is 1. The molecule has 90 valence electrons. The largest absolute Gasteiger partial charge is 0.504 e. The minimum Gasteiger partial charge on any atom is -0.504 e. The first-order valence-electron chi connectivity index (χ1n) is 5.74. The van der Waals surface area contributed by atoms with Gasteiger partial charge in [0.1, 0.15) is 0 Å². The van der Waals surface area contributed by atoms with Crippen LogP contribution in [0, 0.1) is 5.92 Å². The number of aromatic hydroxyl groups is 1. The highest BCUT2D eigenvalue weighted by Crippen LogP contribution is 2.25. The maximum absolute atomic E-state index is 9.59. The van der Waals surface area contributed by atoms with E-state index in [1.54, 1.807) is 19.2 Å². The molecule has 0 amide bonds. The molecule has 1 unspecified atom stereocenters. The van der Waals surface area contributed by atoms with Gasteiger partial charge in [-0.25, -0.2) is 0 Å². The fraction of sp³-hybridized carbons (Fsp3) is 0.538. The summed E-state index contributed by atoms with van der Waals surface area (Å²) >= 11 is 0. The van der Waals surface area contributed by atoms with Gasteiger partial charge >= 0.3 is 0 Å². The van der Waals surface area contributed by atoms with Crippen molar-refractivity contribution in [1.82, 2.24) is 5.32 Å². The summed E-state index contributed by atoms with van der Waals surface area (Å²) < 4.78 is 4.99. The number of rotatable bonds is 6. The lowest BCUT2D eigenvalue weighted by Crippen LogP contribution is -2.20. The number of benzene rings is 1. The van der Waals surface area contributed by atoms with E-state index in [0.29, 0.717) is 11.7 Å². The molecule has 3 heteroatoms.